The largest absolute Gasteiger partial charge is 0.302 e. The fraction of sp³-hybridized carbons (Fsp3) is 0.250. The number of rotatable bonds is 4. The molecule has 0 aliphatic heterocycles. The zero-order valence-corrected chi connectivity index (χ0v) is 10.2. The van der Waals surface area contributed by atoms with Crippen LogP contribution in [0, 0.1) is 0 Å². The van der Waals surface area contributed by atoms with Gasteiger partial charge in [0.05, 0.1) is 16.8 Å². The summed E-state index contributed by atoms with van der Waals surface area (Å²) in [6, 6.07) is 5.62. The van der Waals surface area contributed by atoms with Gasteiger partial charge in [-0.1, -0.05) is 11.6 Å². The van der Waals surface area contributed by atoms with E-state index in [1.54, 1.807) is 24.7 Å². The second-order valence-corrected chi connectivity index (χ2v) is 4.11. The van der Waals surface area contributed by atoms with E-state index in [1.165, 1.54) is 0 Å². The smallest absolute Gasteiger partial charge is 0.144 e. The van der Waals surface area contributed by atoms with Gasteiger partial charge in [0.1, 0.15) is 5.82 Å². The standard InChI is InChI=1S/C12H13ClN4/c1-9(12-14-5-2-6-15-12)16-8-11-4-3-10(13)7-17-11/h2-7,9,16H,8H2,1H3/t9-/m0/s1. The third kappa shape index (κ3) is 3.47. The van der Waals surface area contributed by atoms with Gasteiger partial charge in [0, 0.05) is 25.1 Å². The first kappa shape index (κ1) is 12.0. The van der Waals surface area contributed by atoms with Crippen molar-refractivity contribution in [2.24, 2.45) is 0 Å². The molecule has 0 saturated heterocycles. The first-order valence-electron chi connectivity index (χ1n) is 5.36. The Kier molecular flexibility index (Phi) is 4.01. The number of nitrogens with zero attached hydrogens (tertiary/aromatic N) is 3. The highest BCUT2D eigenvalue weighted by Crippen LogP contribution is 2.08. The lowest BCUT2D eigenvalue weighted by molar-refractivity contribution is 0.540. The number of halogens is 1. The average molecular weight is 249 g/mol. The molecule has 1 atom stereocenters. The molecule has 2 aromatic rings. The van der Waals surface area contributed by atoms with Gasteiger partial charge in [-0.15, -0.1) is 0 Å². The highest BCUT2D eigenvalue weighted by molar-refractivity contribution is 6.30. The summed E-state index contributed by atoms with van der Waals surface area (Å²) in [5.41, 5.74) is 0.942. The Bertz CT molecular complexity index is 458. The van der Waals surface area contributed by atoms with E-state index in [1.807, 2.05) is 19.1 Å². The Labute approximate surface area is 105 Å². The molecule has 0 fully saturated rings. The van der Waals surface area contributed by atoms with Crippen molar-refractivity contribution >= 4 is 11.6 Å². The number of pyridine rings is 1. The van der Waals surface area contributed by atoms with Crippen molar-refractivity contribution in [2.45, 2.75) is 19.5 Å². The predicted molar refractivity (Wildman–Crippen MR) is 66.5 cm³/mol. The van der Waals surface area contributed by atoms with Gasteiger partial charge in [-0.25, -0.2) is 9.97 Å². The zero-order valence-electron chi connectivity index (χ0n) is 9.47. The van der Waals surface area contributed by atoms with Crippen LogP contribution in [0.5, 0.6) is 0 Å². The number of nitrogens with one attached hydrogen (secondary N) is 1. The van der Waals surface area contributed by atoms with E-state index in [0.29, 0.717) is 11.6 Å². The minimum atomic E-state index is 0.0914. The molecule has 5 heteroatoms. The zero-order chi connectivity index (χ0) is 12.1. The molecule has 2 rings (SSSR count). The first-order valence-corrected chi connectivity index (χ1v) is 5.74. The van der Waals surface area contributed by atoms with Crippen LogP contribution in [0.15, 0.2) is 36.8 Å². The quantitative estimate of drug-likeness (QED) is 0.903. The van der Waals surface area contributed by atoms with Crippen LogP contribution in [-0.2, 0) is 6.54 Å². The summed E-state index contributed by atoms with van der Waals surface area (Å²) < 4.78 is 0. The van der Waals surface area contributed by atoms with Crippen LogP contribution >= 0.6 is 11.6 Å². The maximum absolute atomic E-state index is 5.77. The van der Waals surface area contributed by atoms with Crippen molar-refractivity contribution in [2.75, 3.05) is 0 Å². The fourth-order valence-corrected chi connectivity index (χ4v) is 1.51. The van der Waals surface area contributed by atoms with E-state index in [2.05, 4.69) is 20.3 Å². The van der Waals surface area contributed by atoms with Gasteiger partial charge in [-0.3, -0.25) is 4.98 Å². The van der Waals surface area contributed by atoms with Gasteiger partial charge < -0.3 is 5.32 Å². The third-order valence-corrected chi connectivity index (χ3v) is 2.57. The lowest BCUT2D eigenvalue weighted by Crippen LogP contribution is -2.20. The second kappa shape index (κ2) is 5.70. The topological polar surface area (TPSA) is 50.7 Å². The molecule has 17 heavy (non-hydrogen) atoms. The van der Waals surface area contributed by atoms with E-state index >= 15 is 0 Å². The van der Waals surface area contributed by atoms with Gasteiger partial charge in [0.25, 0.3) is 0 Å². The molecule has 0 radical (unpaired) electrons. The van der Waals surface area contributed by atoms with Crippen LogP contribution in [0.2, 0.25) is 5.02 Å². The van der Waals surface area contributed by atoms with Crippen LogP contribution in [0.3, 0.4) is 0 Å². The number of aromatic nitrogens is 3. The molecule has 2 heterocycles. The molecule has 0 aromatic carbocycles. The van der Waals surface area contributed by atoms with E-state index in [4.69, 9.17) is 11.6 Å². The third-order valence-electron chi connectivity index (χ3n) is 2.35. The minimum Gasteiger partial charge on any atom is -0.302 e. The summed E-state index contributed by atoms with van der Waals surface area (Å²) in [5, 5.41) is 3.95. The van der Waals surface area contributed by atoms with Crippen molar-refractivity contribution in [1.82, 2.24) is 20.3 Å². The summed E-state index contributed by atoms with van der Waals surface area (Å²) in [6.45, 7) is 2.68. The normalized spacial score (nSPS) is 12.4. The average Bonchev–Trinajstić information content (AvgIpc) is 2.39. The molecule has 0 bridgehead atoms. The molecular weight excluding hydrogens is 236 g/mol. The molecule has 1 N–H and O–H groups in total. The Hall–Kier alpha value is -1.52. The molecule has 0 unspecified atom stereocenters. The van der Waals surface area contributed by atoms with Crippen LogP contribution in [0.1, 0.15) is 24.5 Å². The summed E-state index contributed by atoms with van der Waals surface area (Å²) in [4.78, 5) is 12.6. The summed E-state index contributed by atoms with van der Waals surface area (Å²) in [5.74, 6) is 0.779. The lowest BCUT2D eigenvalue weighted by Gasteiger charge is -2.11. The first-order chi connectivity index (χ1) is 8.25. The molecule has 0 amide bonds. The Morgan fingerprint density at radius 2 is 2.00 bits per heavy atom. The van der Waals surface area contributed by atoms with Gasteiger partial charge in [0.2, 0.25) is 0 Å². The van der Waals surface area contributed by atoms with Gasteiger partial charge in [0.15, 0.2) is 0 Å². The van der Waals surface area contributed by atoms with Crippen LogP contribution < -0.4 is 5.32 Å². The number of hydrogen-bond donors (Lipinski definition) is 1. The van der Waals surface area contributed by atoms with Crippen molar-refractivity contribution in [3.63, 3.8) is 0 Å². The van der Waals surface area contributed by atoms with Gasteiger partial charge in [-0.2, -0.15) is 0 Å². The van der Waals surface area contributed by atoms with E-state index in [9.17, 15) is 0 Å². The van der Waals surface area contributed by atoms with Crippen LogP contribution in [0.25, 0.3) is 0 Å². The highest BCUT2D eigenvalue weighted by atomic mass is 35.5. The summed E-state index contributed by atoms with van der Waals surface area (Å²) in [7, 11) is 0. The van der Waals surface area contributed by atoms with Crippen molar-refractivity contribution in [3.8, 4) is 0 Å². The lowest BCUT2D eigenvalue weighted by atomic mass is 10.3. The van der Waals surface area contributed by atoms with Crippen LogP contribution in [-0.4, -0.2) is 15.0 Å². The molecule has 88 valence electrons. The molecule has 0 spiro atoms. The summed E-state index contributed by atoms with van der Waals surface area (Å²) in [6.07, 6.45) is 5.12. The molecule has 4 nitrogen and oxygen atoms in total. The van der Waals surface area contributed by atoms with Gasteiger partial charge in [-0.05, 0) is 25.1 Å². The fourth-order valence-electron chi connectivity index (χ4n) is 1.39. The Morgan fingerprint density at radius 1 is 1.24 bits per heavy atom. The molecule has 0 saturated carbocycles. The van der Waals surface area contributed by atoms with Crippen LogP contribution in [0.4, 0.5) is 0 Å². The maximum Gasteiger partial charge on any atom is 0.144 e. The predicted octanol–water partition coefficient (Wildman–Crippen LogP) is 2.38. The molecular formula is C12H13ClN4. The highest BCUT2D eigenvalue weighted by Gasteiger charge is 2.06. The van der Waals surface area contributed by atoms with E-state index in [-0.39, 0.29) is 6.04 Å². The second-order valence-electron chi connectivity index (χ2n) is 3.68. The minimum absolute atomic E-state index is 0.0914. The SMILES string of the molecule is C[C@H](NCc1ccc(Cl)cn1)c1ncccn1. The molecule has 0 aliphatic rings. The molecule has 2 aromatic heterocycles. The van der Waals surface area contributed by atoms with Gasteiger partial charge >= 0.3 is 0 Å². The van der Waals surface area contributed by atoms with Crippen molar-refractivity contribution in [3.05, 3.63) is 53.3 Å². The van der Waals surface area contributed by atoms with E-state index < -0.39 is 0 Å². The molecule has 0 aliphatic carbocycles. The number of hydrogen-bond acceptors (Lipinski definition) is 4. The Balaban J connectivity index is 1.92. The van der Waals surface area contributed by atoms with Crippen molar-refractivity contribution in [1.29, 1.82) is 0 Å². The monoisotopic (exact) mass is 248 g/mol. The summed E-state index contributed by atoms with van der Waals surface area (Å²) >= 11 is 5.77. The van der Waals surface area contributed by atoms with E-state index in [0.717, 1.165) is 11.5 Å². The van der Waals surface area contributed by atoms with Crippen molar-refractivity contribution < 1.29 is 0 Å². The Morgan fingerprint density at radius 3 is 2.65 bits per heavy atom. The maximum atomic E-state index is 5.77.